The fraction of sp³-hybridized carbons (Fsp3) is 0.188. The number of carbonyl (C=O) groups is 1. The van der Waals surface area contributed by atoms with Crippen LogP contribution in [0.25, 0.3) is 0 Å². The van der Waals surface area contributed by atoms with Crippen LogP contribution < -0.4 is 10.1 Å². The number of hydrogen-bond acceptors (Lipinski definition) is 5. The highest BCUT2D eigenvalue weighted by Crippen LogP contribution is 2.22. The average molecular weight is 297 g/mol. The number of amides is 1. The number of nitrogens with one attached hydrogen (secondary N) is 1. The second-order valence-electron chi connectivity index (χ2n) is 4.53. The molecule has 0 bridgehead atoms. The molecule has 1 aromatic carbocycles. The summed E-state index contributed by atoms with van der Waals surface area (Å²) >= 11 is 0. The summed E-state index contributed by atoms with van der Waals surface area (Å²) in [5.41, 5.74) is 2.76. The van der Waals surface area contributed by atoms with Crippen LogP contribution in [0.2, 0.25) is 0 Å². The average Bonchev–Trinajstić information content (AvgIpc) is 2.55. The first-order valence-corrected chi connectivity index (χ1v) is 6.56. The molecule has 0 saturated carbocycles. The Morgan fingerprint density at radius 1 is 1.36 bits per heavy atom. The van der Waals surface area contributed by atoms with Crippen molar-refractivity contribution in [2.24, 2.45) is 0 Å². The Morgan fingerprint density at radius 2 is 2.18 bits per heavy atom. The van der Waals surface area contributed by atoms with E-state index in [4.69, 9.17) is 10.00 Å². The topological polar surface area (TPSA) is 84.2 Å². The van der Waals surface area contributed by atoms with Crippen LogP contribution in [-0.4, -0.2) is 18.2 Å². The smallest absolute Gasteiger partial charge is 0.411 e. The van der Waals surface area contributed by atoms with E-state index in [0.29, 0.717) is 23.6 Å². The normalized spacial score (nSPS) is 9.68. The third kappa shape index (κ3) is 3.96. The van der Waals surface area contributed by atoms with Crippen LogP contribution in [-0.2, 0) is 11.3 Å². The monoisotopic (exact) mass is 297 g/mol. The standard InChI is InChI=1S/C16H15N3O3/c1-11-7-14(5-6-15(11)19-16(20)21-2)22-10-13-4-3-12(8-17)9-18-13/h3-7,9H,10H2,1-2H3,(H,19,20). The summed E-state index contributed by atoms with van der Waals surface area (Å²) in [6.07, 6.45) is 0.992. The number of aryl methyl sites for hydroxylation is 1. The summed E-state index contributed by atoms with van der Waals surface area (Å²) in [4.78, 5) is 15.3. The predicted octanol–water partition coefficient (Wildman–Crippen LogP) is 3.02. The summed E-state index contributed by atoms with van der Waals surface area (Å²) < 4.78 is 10.2. The number of methoxy groups -OCH3 is 1. The SMILES string of the molecule is COC(=O)Nc1ccc(OCc2ccc(C#N)cn2)cc1C. The highest BCUT2D eigenvalue weighted by molar-refractivity contribution is 5.85. The van der Waals surface area contributed by atoms with E-state index in [0.717, 1.165) is 11.3 Å². The van der Waals surface area contributed by atoms with Crippen molar-refractivity contribution < 1.29 is 14.3 Å². The van der Waals surface area contributed by atoms with Gasteiger partial charge in [-0.3, -0.25) is 10.3 Å². The maximum Gasteiger partial charge on any atom is 0.411 e. The van der Waals surface area contributed by atoms with Gasteiger partial charge in [0.1, 0.15) is 18.4 Å². The van der Waals surface area contributed by atoms with Gasteiger partial charge >= 0.3 is 6.09 Å². The van der Waals surface area contributed by atoms with Gasteiger partial charge in [0.15, 0.2) is 0 Å². The van der Waals surface area contributed by atoms with Crippen LogP contribution in [0.3, 0.4) is 0 Å². The largest absolute Gasteiger partial charge is 0.487 e. The van der Waals surface area contributed by atoms with Gasteiger partial charge in [0, 0.05) is 11.9 Å². The molecular formula is C16H15N3O3. The first kappa shape index (κ1) is 15.3. The van der Waals surface area contributed by atoms with Crippen LogP contribution in [0.1, 0.15) is 16.8 Å². The molecule has 1 heterocycles. The van der Waals surface area contributed by atoms with E-state index in [2.05, 4.69) is 15.0 Å². The first-order chi connectivity index (χ1) is 10.6. The lowest BCUT2D eigenvalue weighted by Gasteiger charge is -2.10. The molecule has 0 atom stereocenters. The number of benzene rings is 1. The van der Waals surface area contributed by atoms with Crippen LogP contribution in [0.15, 0.2) is 36.5 Å². The molecule has 0 unspecified atom stereocenters. The number of ether oxygens (including phenoxy) is 2. The Bertz CT molecular complexity index is 706. The van der Waals surface area contributed by atoms with Gasteiger partial charge in [-0.1, -0.05) is 0 Å². The van der Waals surface area contributed by atoms with E-state index in [1.165, 1.54) is 13.3 Å². The Kier molecular flexibility index (Phi) is 4.94. The zero-order valence-corrected chi connectivity index (χ0v) is 12.3. The van der Waals surface area contributed by atoms with Gasteiger partial charge in [0.2, 0.25) is 0 Å². The van der Waals surface area contributed by atoms with Gasteiger partial charge in [-0.05, 0) is 42.8 Å². The van der Waals surface area contributed by atoms with Gasteiger partial charge in [0.25, 0.3) is 0 Å². The van der Waals surface area contributed by atoms with Crippen molar-refractivity contribution in [2.75, 3.05) is 12.4 Å². The predicted molar refractivity (Wildman–Crippen MR) is 80.5 cm³/mol. The number of rotatable bonds is 4. The number of aromatic nitrogens is 1. The number of hydrogen-bond donors (Lipinski definition) is 1. The molecule has 0 radical (unpaired) electrons. The molecule has 1 amide bonds. The number of pyridine rings is 1. The van der Waals surface area contributed by atoms with E-state index in [1.54, 1.807) is 24.3 Å². The highest BCUT2D eigenvalue weighted by atomic mass is 16.5. The van der Waals surface area contributed by atoms with Crippen molar-refractivity contribution in [3.8, 4) is 11.8 Å². The molecule has 0 fully saturated rings. The molecule has 0 spiro atoms. The lowest BCUT2D eigenvalue weighted by molar-refractivity contribution is 0.187. The summed E-state index contributed by atoms with van der Waals surface area (Å²) in [6, 6.07) is 10.8. The number of nitrogens with zero attached hydrogens (tertiary/aromatic N) is 2. The number of nitriles is 1. The molecular weight excluding hydrogens is 282 g/mol. The third-order valence-electron chi connectivity index (χ3n) is 2.96. The van der Waals surface area contributed by atoms with Gasteiger partial charge in [-0.2, -0.15) is 5.26 Å². The molecule has 0 aliphatic rings. The molecule has 6 heteroatoms. The maximum absolute atomic E-state index is 11.2. The van der Waals surface area contributed by atoms with Crippen LogP contribution >= 0.6 is 0 Å². The van der Waals surface area contributed by atoms with E-state index in [-0.39, 0.29) is 0 Å². The minimum Gasteiger partial charge on any atom is -0.487 e. The molecule has 2 rings (SSSR count). The molecule has 1 N–H and O–H groups in total. The summed E-state index contributed by atoms with van der Waals surface area (Å²) in [6.45, 7) is 2.16. The van der Waals surface area contributed by atoms with E-state index in [1.807, 2.05) is 19.1 Å². The van der Waals surface area contributed by atoms with Crippen molar-refractivity contribution in [3.05, 3.63) is 53.3 Å². The minimum absolute atomic E-state index is 0.301. The van der Waals surface area contributed by atoms with Gasteiger partial charge in [-0.15, -0.1) is 0 Å². The molecule has 0 saturated heterocycles. The van der Waals surface area contributed by atoms with Crippen LogP contribution in [0.5, 0.6) is 5.75 Å². The van der Waals surface area contributed by atoms with E-state index in [9.17, 15) is 4.79 Å². The van der Waals surface area contributed by atoms with E-state index < -0.39 is 6.09 Å². The molecule has 6 nitrogen and oxygen atoms in total. The summed E-state index contributed by atoms with van der Waals surface area (Å²) in [5.74, 6) is 0.666. The Morgan fingerprint density at radius 3 is 2.77 bits per heavy atom. The third-order valence-corrected chi connectivity index (χ3v) is 2.96. The Hall–Kier alpha value is -3.07. The highest BCUT2D eigenvalue weighted by Gasteiger charge is 2.05. The lowest BCUT2D eigenvalue weighted by Crippen LogP contribution is -2.11. The molecule has 112 valence electrons. The zero-order valence-electron chi connectivity index (χ0n) is 12.3. The van der Waals surface area contributed by atoms with Gasteiger partial charge < -0.3 is 9.47 Å². The van der Waals surface area contributed by atoms with Crippen molar-refractivity contribution in [1.82, 2.24) is 4.98 Å². The second-order valence-corrected chi connectivity index (χ2v) is 4.53. The minimum atomic E-state index is -0.515. The molecule has 0 aliphatic heterocycles. The van der Waals surface area contributed by atoms with Crippen molar-refractivity contribution in [2.45, 2.75) is 13.5 Å². The molecule has 22 heavy (non-hydrogen) atoms. The van der Waals surface area contributed by atoms with Crippen LogP contribution in [0.4, 0.5) is 10.5 Å². The zero-order chi connectivity index (χ0) is 15.9. The fourth-order valence-electron chi connectivity index (χ4n) is 1.76. The molecule has 2 aromatic rings. The Labute approximate surface area is 128 Å². The van der Waals surface area contributed by atoms with Gasteiger partial charge in [0.05, 0.1) is 18.4 Å². The molecule has 1 aromatic heterocycles. The number of carbonyl (C=O) groups excluding carboxylic acids is 1. The van der Waals surface area contributed by atoms with Crippen molar-refractivity contribution in [1.29, 1.82) is 5.26 Å². The van der Waals surface area contributed by atoms with Crippen LogP contribution in [0, 0.1) is 18.3 Å². The fourth-order valence-corrected chi connectivity index (χ4v) is 1.76. The van der Waals surface area contributed by atoms with Crippen molar-refractivity contribution >= 4 is 11.8 Å². The first-order valence-electron chi connectivity index (χ1n) is 6.56. The van der Waals surface area contributed by atoms with Gasteiger partial charge in [-0.25, -0.2) is 4.79 Å². The summed E-state index contributed by atoms with van der Waals surface area (Å²) in [7, 11) is 1.31. The summed E-state index contributed by atoms with van der Waals surface area (Å²) in [5, 5.41) is 11.3. The molecule has 0 aliphatic carbocycles. The van der Waals surface area contributed by atoms with E-state index >= 15 is 0 Å². The quantitative estimate of drug-likeness (QED) is 0.937. The Balaban J connectivity index is 1.99. The number of anilines is 1. The van der Waals surface area contributed by atoms with Crippen molar-refractivity contribution in [3.63, 3.8) is 0 Å². The second kappa shape index (κ2) is 7.09. The lowest BCUT2D eigenvalue weighted by atomic mass is 10.2. The maximum atomic E-state index is 11.2.